The number of hydrogen-bond acceptors (Lipinski definition) is 3. The van der Waals surface area contributed by atoms with Crippen LogP contribution in [-0.4, -0.2) is 30.3 Å². The van der Waals surface area contributed by atoms with Gasteiger partial charge in [0.05, 0.1) is 18.3 Å². The molecule has 1 aromatic carbocycles. The Hall–Kier alpha value is -1.62. The summed E-state index contributed by atoms with van der Waals surface area (Å²) in [5.41, 5.74) is -0.908. The number of nitrogens with one attached hydrogen (secondary N) is 1. The Balaban J connectivity index is 1.95. The topological polar surface area (TPSA) is 58.6 Å². The third kappa shape index (κ3) is 3.94. The highest BCUT2D eigenvalue weighted by Gasteiger charge is 2.32. The first-order chi connectivity index (χ1) is 9.93. The predicted molar refractivity (Wildman–Crippen MR) is 77.9 cm³/mol. The van der Waals surface area contributed by atoms with Gasteiger partial charge in [-0.1, -0.05) is 6.92 Å². The summed E-state index contributed by atoms with van der Waals surface area (Å²) in [5, 5.41) is 13.0. The highest BCUT2D eigenvalue weighted by atomic mass is 19.1. The summed E-state index contributed by atoms with van der Waals surface area (Å²) < 4.78 is 18.7. The Morgan fingerprint density at radius 1 is 1.48 bits per heavy atom. The molecule has 0 unspecified atom stereocenters. The number of hydrogen-bond donors (Lipinski definition) is 2. The monoisotopic (exact) mass is 295 g/mol. The molecule has 1 fully saturated rings. The van der Waals surface area contributed by atoms with Crippen molar-refractivity contribution in [3.8, 4) is 5.75 Å². The zero-order chi connectivity index (χ0) is 15.5. The van der Waals surface area contributed by atoms with Gasteiger partial charge in [0.25, 0.3) is 5.91 Å². The maximum Gasteiger partial charge on any atom is 0.254 e. The summed E-state index contributed by atoms with van der Waals surface area (Å²) in [6.45, 7) is 2.31. The van der Waals surface area contributed by atoms with E-state index < -0.39 is 17.3 Å². The Bertz CT molecular complexity index is 510. The normalized spacial score (nSPS) is 25.4. The Morgan fingerprint density at radius 2 is 2.14 bits per heavy atom. The third-order valence-corrected chi connectivity index (χ3v) is 4.20. The van der Waals surface area contributed by atoms with Crippen LogP contribution in [0.2, 0.25) is 0 Å². The minimum absolute atomic E-state index is 0.0384. The van der Waals surface area contributed by atoms with E-state index >= 15 is 0 Å². The van der Waals surface area contributed by atoms with Gasteiger partial charge >= 0.3 is 0 Å². The SMILES string of the molecule is COc1ccc(C(=O)NCC2(O)CCC(C)CC2)c(F)c1. The van der Waals surface area contributed by atoms with Crippen molar-refractivity contribution in [1.82, 2.24) is 5.32 Å². The van der Waals surface area contributed by atoms with E-state index in [0.717, 1.165) is 12.8 Å². The van der Waals surface area contributed by atoms with Crippen molar-refractivity contribution in [2.45, 2.75) is 38.2 Å². The number of aliphatic hydroxyl groups is 1. The molecule has 1 aromatic rings. The summed E-state index contributed by atoms with van der Waals surface area (Å²) in [7, 11) is 1.44. The molecule has 21 heavy (non-hydrogen) atoms. The molecular weight excluding hydrogens is 273 g/mol. The molecule has 0 radical (unpaired) electrons. The number of amides is 1. The van der Waals surface area contributed by atoms with Gasteiger partial charge in [-0.2, -0.15) is 0 Å². The predicted octanol–water partition coefficient (Wildman–Crippen LogP) is 2.51. The van der Waals surface area contributed by atoms with Crippen LogP contribution < -0.4 is 10.1 Å². The van der Waals surface area contributed by atoms with Crippen molar-refractivity contribution in [1.29, 1.82) is 0 Å². The Morgan fingerprint density at radius 3 is 2.71 bits per heavy atom. The molecule has 1 saturated carbocycles. The van der Waals surface area contributed by atoms with Crippen LogP contribution in [0.5, 0.6) is 5.75 Å². The van der Waals surface area contributed by atoms with Gasteiger partial charge in [0.15, 0.2) is 0 Å². The molecule has 2 rings (SSSR count). The summed E-state index contributed by atoms with van der Waals surface area (Å²) >= 11 is 0. The maximum atomic E-state index is 13.8. The van der Waals surface area contributed by atoms with Crippen LogP contribution in [0.15, 0.2) is 18.2 Å². The van der Waals surface area contributed by atoms with Crippen LogP contribution in [-0.2, 0) is 0 Å². The highest BCUT2D eigenvalue weighted by molar-refractivity contribution is 5.94. The molecule has 0 saturated heterocycles. The fraction of sp³-hybridized carbons (Fsp3) is 0.562. The zero-order valence-corrected chi connectivity index (χ0v) is 12.5. The minimum Gasteiger partial charge on any atom is -0.497 e. The first kappa shape index (κ1) is 15.8. The molecule has 0 aromatic heterocycles. The van der Waals surface area contributed by atoms with E-state index in [4.69, 9.17) is 4.74 Å². The van der Waals surface area contributed by atoms with Crippen molar-refractivity contribution in [3.05, 3.63) is 29.6 Å². The second kappa shape index (κ2) is 6.43. The van der Waals surface area contributed by atoms with E-state index in [1.54, 1.807) is 0 Å². The summed E-state index contributed by atoms with van der Waals surface area (Å²) in [4.78, 5) is 12.0. The van der Waals surface area contributed by atoms with Crippen LogP contribution in [0, 0.1) is 11.7 Å². The first-order valence-electron chi connectivity index (χ1n) is 7.28. The fourth-order valence-corrected chi connectivity index (χ4v) is 2.62. The molecule has 0 spiro atoms. The number of rotatable bonds is 4. The van der Waals surface area contributed by atoms with Gasteiger partial charge in [-0.3, -0.25) is 4.79 Å². The molecular formula is C16H22FNO3. The van der Waals surface area contributed by atoms with E-state index in [0.29, 0.717) is 24.5 Å². The van der Waals surface area contributed by atoms with Crippen molar-refractivity contribution in [2.24, 2.45) is 5.92 Å². The Labute approximate surface area is 124 Å². The third-order valence-electron chi connectivity index (χ3n) is 4.20. The lowest BCUT2D eigenvalue weighted by Gasteiger charge is -2.34. The fourth-order valence-electron chi connectivity index (χ4n) is 2.62. The average Bonchev–Trinajstić information content (AvgIpc) is 2.48. The van der Waals surface area contributed by atoms with Crippen LogP contribution in [0.4, 0.5) is 4.39 Å². The molecule has 0 aliphatic heterocycles. The number of carbonyl (C=O) groups is 1. The van der Waals surface area contributed by atoms with Gasteiger partial charge in [-0.05, 0) is 43.7 Å². The summed E-state index contributed by atoms with van der Waals surface area (Å²) in [6.07, 6.45) is 3.23. The molecule has 0 bridgehead atoms. The molecule has 4 nitrogen and oxygen atoms in total. The molecule has 116 valence electrons. The molecule has 0 atom stereocenters. The smallest absolute Gasteiger partial charge is 0.254 e. The molecule has 1 aliphatic carbocycles. The van der Waals surface area contributed by atoms with Gasteiger partial charge in [0, 0.05) is 12.6 Å². The lowest BCUT2D eigenvalue weighted by Crippen LogP contribution is -2.45. The summed E-state index contributed by atoms with van der Waals surface area (Å²) in [5.74, 6) is -0.165. The number of methoxy groups -OCH3 is 1. The second-order valence-corrected chi connectivity index (χ2v) is 5.94. The number of benzene rings is 1. The van der Waals surface area contributed by atoms with E-state index in [2.05, 4.69) is 12.2 Å². The molecule has 0 heterocycles. The van der Waals surface area contributed by atoms with E-state index in [1.165, 1.54) is 25.3 Å². The molecule has 2 N–H and O–H groups in total. The standard InChI is InChI=1S/C16H22FNO3/c1-11-5-7-16(20,8-6-11)10-18-15(19)13-4-3-12(21-2)9-14(13)17/h3-4,9,11,20H,5-8,10H2,1-2H3,(H,18,19). The van der Waals surface area contributed by atoms with E-state index in [9.17, 15) is 14.3 Å². The molecule has 1 amide bonds. The van der Waals surface area contributed by atoms with Crippen LogP contribution in [0.3, 0.4) is 0 Å². The highest BCUT2D eigenvalue weighted by Crippen LogP contribution is 2.31. The average molecular weight is 295 g/mol. The molecule has 5 heteroatoms. The van der Waals surface area contributed by atoms with Crippen molar-refractivity contribution in [3.63, 3.8) is 0 Å². The van der Waals surface area contributed by atoms with Gasteiger partial charge in [-0.25, -0.2) is 4.39 Å². The first-order valence-corrected chi connectivity index (χ1v) is 7.28. The van der Waals surface area contributed by atoms with Crippen LogP contribution >= 0.6 is 0 Å². The van der Waals surface area contributed by atoms with E-state index in [1.807, 2.05) is 0 Å². The lowest BCUT2D eigenvalue weighted by atomic mass is 9.79. The number of carbonyl (C=O) groups excluding carboxylic acids is 1. The minimum atomic E-state index is -0.870. The van der Waals surface area contributed by atoms with Crippen LogP contribution in [0.25, 0.3) is 0 Å². The van der Waals surface area contributed by atoms with E-state index in [-0.39, 0.29) is 12.1 Å². The number of halogens is 1. The van der Waals surface area contributed by atoms with Gasteiger partial charge < -0.3 is 15.2 Å². The Kier molecular flexibility index (Phi) is 4.83. The van der Waals surface area contributed by atoms with Gasteiger partial charge in [0.2, 0.25) is 0 Å². The van der Waals surface area contributed by atoms with Gasteiger partial charge in [-0.15, -0.1) is 0 Å². The second-order valence-electron chi connectivity index (χ2n) is 5.94. The van der Waals surface area contributed by atoms with Crippen molar-refractivity contribution >= 4 is 5.91 Å². The maximum absolute atomic E-state index is 13.8. The molecule has 1 aliphatic rings. The zero-order valence-electron chi connectivity index (χ0n) is 12.5. The largest absolute Gasteiger partial charge is 0.497 e. The van der Waals surface area contributed by atoms with Crippen molar-refractivity contribution in [2.75, 3.05) is 13.7 Å². The van der Waals surface area contributed by atoms with Gasteiger partial charge in [0.1, 0.15) is 11.6 Å². The number of ether oxygens (including phenoxy) is 1. The lowest BCUT2D eigenvalue weighted by molar-refractivity contribution is -0.00543. The van der Waals surface area contributed by atoms with Crippen molar-refractivity contribution < 1.29 is 19.0 Å². The van der Waals surface area contributed by atoms with Crippen LogP contribution in [0.1, 0.15) is 43.0 Å². The summed E-state index contributed by atoms with van der Waals surface area (Å²) in [6, 6.07) is 4.09. The quantitative estimate of drug-likeness (QED) is 0.897.